The van der Waals surface area contributed by atoms with Crippen molar-refractivity contribution in [2.45, 2.75) is 51.1 Å². The minimum absolute atomic E-state index is 0.00169. The van der Waals surface area contributed by atoms with Crippen molar-refractivity contribution in [1.82, 2.24) is 10.2 Å². The molecule has 0 aromatic heterocycles. The summed E-state index contributed by atoms with van der Waals surface area (Å²) >= 11 is 7.52. The van der Waals surface area contributed by atoms with Crippen molar-refractivity contribution in [3.8, 4) is 0 Å². The molecule has 36 heavy (non-hydrogen) atoms. The molecule has 3 rings (SSSR count). The van der Waals surface area contributed by atoms with Crippen molar-refractivity contribution < 1.29 is 14.0 Å². The average molecular weight is 527 g/mol. The number of nitrogens with one attached hydrogen (secondary N) is 1. The van der Waals surface area contributed by atoms with E-state index in [1.54, 1.807) is 24.3 Å². The number of halogens is 2. The third kappa shape index (κ3) is 8.68. The third-order valence-corrected chi connectivity index (χ3v) is 6.67. The lowest BCUT2D eigenvalue weighted by molar-refractivity contribution is -0.140. The molecule has 0 fully saturated rings. The van der Waals surface area contributed by atoms with E-state index in [2.05, 4.69) is 5.32 Å². The smallest absolute Gasteiger partial charge is 0.243 e. The topological polar surface area (TPSA) is 49.4 Å². The summed E-state index contributed by atoms with van der Waals surface area (Å²) < 4.78 is 14.6. The monoisotopic (exact) mass is 526 g/mol. The van der Waals surface area contributed by atoms with Crippen LogP contribution in [0.15, 0.2) is 78.9 Å². The summed E-state index contributed by atoms with van der Waals surface area (Å²) in [4.78, 5) is 28.6. The van der Waals surface area contributed by atoms with E-state index in [1.807, 2.05) is 69.3 Å². The lowest BCUT2D eigenvalue weighted by Gasteiger charge is -2.34. The van der Waals surface area contributed by atoms with Gasteiger partial charge in [0.25, 0.3) is 0 Å². The van der Waals surface area contributed by atoms with E-state index in [1.165, 1.54) is 22.7 Å². The van der Waals surface area contributed by atoms with Gasteiger partial charge in [0.2, 0.25) is 11.8 Å². The number of nitrogens with zero attached hydrogens (tertiary/aromatic N) is 1. The minimum atomic E-state index is -0.800. The van der Waals surface area contributed by atoms with Crippen LogP contribution >= 0.6 is 23.4 Å². The van der Waals surface area contributed by atoms with Gasteiger partial charge in [0.05, 0.1) is 5.75 Å². The number of amides is 2. The van der Waals surface area contributed by atoms with Crippen molar-refractivity contribution >= 4 is 35.2 Å². The number of rotatable bonds is 10. The molecular formula is C29H32ClFN2O2S. The Hall–Kier alpha value is -2.83. The van der Waals surface area contributed by atoms with Gasteiger partial charge in [-0.15, -0.1) is 11.8 Å². The lowest BCUT2D eigenvalue weighted by Crippen LogP contribution is -2.54. The molecule has 190 valence electrons. The van der Waals surface area contributed by atoms with E-state index in [-0.39, 0.29) is 24.1 Å². The van der Waals surface area contributed by atoms with Crippen LogP contribution in [0.3, 0.4) is 0 Å². The summed E-state index contributed by atoms with van der Waals surface area (Å²) in [5.41, 5.74) is 1.81. The first-order valence-corrected chi connectivity index (χ1v) is 13.4. The highest BCUT2D eigenvalue weighted by Crippen LogP contribution is 2.21. The van der Waals surface area contributed by atoms with Crippen LogP contribution in [0.1, 0.15) is 37.5 Å². The molecule has 7 heteroatoms. The maximum atomic E-state index is 14.6. The SMILES string of the molecule is CC(C)(C)NC(=O)[C@@H](Cc1ccccc1)N(Cc1ccccc1F)C(=O)CSCc1cccc(Cl)c1. The van der Waals surface area contributed by atoms with Crippen LogP contribution in [0, 0.1) is 5.82 Å². The van der Waals surface area contributed by atoms with Gasteiger partial charge < -0.3 is 10.2 Å². The number of hydrogen-bond donors (Lipinski definition) is 1. The molecule has 4 nitrogen and oxygen atoms in total. The molecule has 0 heterocycles. The van der Waals surface area contributed by atoms with Gasteiger partial charge in [0.15, 0.2) is 0 Å². The van der Waals surface area contributed by atoms with Gasteiger partial charge >= 0.3 is 0 Å². The molecule has 3 aromatic carbocycles. The van der Waals surface area contributed by atoms with Crippen LogP contribution in [-0.4, -0.2) is 34.0 Å². The van der Waals surface area contributed by atoms with Gasteiger partial charge in [0, 0.05) is 34.8 Å². The molecule has 0 aliphatic heterocycles. The van der Waals surface area contributed by atoms with E-state index < -0.39 is 17.4 Å². The Morgan fingerprint density at radius 2 is 1.64 bits per heavy atom. The van der Waals surface area contributed by atoms with Crippen molar-refractivity contribution in [1.29, 1.82) is 0 Å². The fourth-order valence-electron chi connectivity index (χ4n) is 3.78. The van der Waals surface area contributed by atoms with Crippen molar-refractivity contribution in [3.63, 3.8) is 0 Å². The Bertz CT molecular complexity index is 1170. The number of thioether (sulfide) groups is 1. The minimum Gasteiger partial charge on any atom is -0.350 e. The molecule has 0 aliphatic rings. The Kier molecular flexibility index (Phi) is 9.97. The Morgan fingerprint density at radius 1 is 0.972 bits per heavy atom. The fourth-order valence-corrected chi connectivity index (χ4v) is 4.85. The second-order valence-corrected chi connectivity index (χ2v) is 11.1. The summed E-state index contributed by atoms with van der Waals surface area (Å²) in [5.74, 6) is -0.158. The molecule has 1 N–H and O–H groups in total. The highest BCUT2D eigenvalue weighted by atomic mass is 35.5. The van der Waals surface area contributed by atoms with E-state index in [4.69, 9.17) is 11.6 Å². The number of hydrogen-bond acceptors (Lipinski definition) is 3. The first-order valence-electron chi connectivity index (χ1n) is 11.8. The van der Waals surface area contributed by atoms with Gasteiger partial charge in [-0.3, -0.25) is 9.59 Å². The zero-order chi connectivity index (χ0) is 26.1. The van der Waals surface area contributed by atoms with Crippen molar-refractivity contribution in [3.05, 3.63) is 106 Å². The van der Waals surface area contributed by atoms with Gasteiger partial charge in [-0.2, -0.15) is 0 Å². The lowest BCUT2D eigenvalue weighted by atomic mass is 10.0. The number of carbonyl (C=O) groups is 2. The van der Waals surface area contributed by atoms with Gasteiger partial charge in [0.1, 0.15) is 11.9 Å². The van der Waals surface area contributed by atoms with Crippen LogP contribution in [-0.2, 0) is 28.3 Å². The summed E-state index contributed by atoms with van der Waals surface area (Å²) in [6, 6.07) is 22.6. The predicted octanol–water partition coefficient (Wildman–Crippen LogP) is 6.27. The van der Waals surface area contributed by atoms with Crippen LogP contribution in [0.2, 0.25) is 5.02 Å². The van der Waals surface area contributed by atoms with E-state index in [0.29, 0.717) is 22.8 Å². The second-order valence-electron chi connectivity index (χ2n) is 9.68. The molecule has 0 aliphatic carbocycles. The second kappa shape index (κ2) is 12.9. The first kappa shape index (κ1) is 27.8. The Morgan fingerprint density at radius 3 is 2.31 bits per heavy atom. The molecule has 3 aromatic rings. The Balaban J connectivity index is 1.88. The fraction of sp³-hybridized carbons (Fsp3) is 0.310. The first-order chi connectivity index (χ1) is 17.1. The van der Waals surface area contributed by atoms with E-state index in [9.17, 15) is 14.0 Å². The summed E-state index contributed by atoms with van der Waals surface area (Å²) in [7, 11) is 0. The van der Waals surface area contributed by atoms with Gasteiger partial charge in [-0.05, 0) is 50.1 Å². The maximum Gasteiger partial charge on any atom is 0.243 e. The predicted molar refractivity (Wildman–Crippen MR) is 146 cm³/mol. The molecule has 2 amide bonds. The molecule has 0 unspecified atom stereocenters. The van der Waals surface area contributed by atoms with Crippen LogP contribution in [0.4, 0.5) is 4.39 Å². The molecule has 0 bridgehead atoms. The van der Waals surface area contributed by atoms with Crippen LogP contribution < -0.4 is 5.32 Å². The Labute approximate surface area is 222 Å². The van der Waals surface area contributed by atoms with Crippen molar-refractivity contribution in [2.75, 3.05) is 5.75 Å². The molecular weight excluding hydrogens is 495 g/mol. The van der Waals surface area contributed by atoms with Gasteiger partial charge in [-0.1, -0.05) is 72.3 Å². The number of benzene rings is 3. The summed E-state index contributed by atoms with van der Waals surface area (Å²) in [6.07, 6.45) is 0.321. The molecule has 0 spiro atoms. The van der Waals surface area contributed by atoms with Crippen molar-refractivity contribution in [2.24, 2.45) is 0 Å². The molecule has 0 radical (unpaired) electrons. The summed E-state index contributed by atoms with van der Waals surface area (Å²) in [6.45, 7) is 5.69. The summed E-state index contributed by atoms with van der Waals surface area (Å²) in [5, 5.41) is 3.66. The standard InChI is InChI=1S/C29H32ClFN2O2S/c1-29(2,3)32-28(35)26(17-21-10-5-4-6-11-21)33(18-23-13-7-8-15-25(23)31)27(34)20-36-19-22-12-9-14-24(30)16-22/h4-16,26H,17-20H2,1-3H3,(H,32,35)/t26-/m1/s1. The highest BCUT2D eigenvalue weighted by Gasteiger charge is 2.32. The average Bonchev–Trinajstić information content (AvgIpc) is 2.82. The normalized spacial score (nSPS) is 12.1. The molecule has 0 saturated heterocycles. The third-order valence-electron chi connectivity index (χ3n) is 5.45. The highest BCUT2D eigenvalue weighted by molar-refractivity contribution is 7.99. The van der Waals surface area contributed by atoms with E-state index >= 15 is 0 Å². The van der Waals surface area contributed by atoms with Gasteiger partial charge in [-0.25, -0.2) is 4.39 Å². The molecule has 1 atom stereocenters. The number of carbonyl (C=O) groups excluding carboxylic acids is 2. The zero-order valence-corrected chi connectivity index (χ0v) is 22.4. The largest absolute Gasteiger partial charge is 0.350 e. The zero-order valence-electron chi connectivity index (χ0n) is 20.8. The maximum absolute atomic E-state index is 14.6. The van der Waals surface area contributed by atoms with Crippen LogP contribution in [0.25, 0.3) is 0 Å². The quantitative estimate of drug-likeness (QED) is 0.339. The van der Waals surface area contributed by atoms with E-state index in [0.717, 1.165) is 11.1 Å². The van der Waals surface area contributed by atoms with Crippen LogP contribution in [0.5, 0.6) is 0 Å². The molecule has 0 saturated carbocycles.